The van der Waals surface area contributed by atoms with E-state index in [4.69, 9.17) is 0 Å². The van der Waals surface area contributed by atoms with E-state index in [1.165, 1.54) is 6.07 Å². The van der Waals surface area contributed by atoms with Gasteiger partial charge in [-0.25, -0.2) is 8.42 Å². The summed E-state index contributed by atoms with van der Waals surface area (Å²) in [4.78, 5) is 34.9. The van der Waals surface area contributed by atoms with Crippen LogP contribution in [-0.4, -0.2) is 36.3 Å². The number of piperidine rings is 1. The summed E-state index contributed by atoms with van der Waals surface area (Å²) in [5, 5.41) is 2.36. The van der Waals surface area contributed by atoms with E-state index in [2.05, 4.69) is 5.32 Å². The van der Waals surface area contributed by atoms with Crippen LogP contribution in [0.1, 0.15) is 69.8 Å². The van der Waals surface area contributed by atoms with E-state index in [1.807, 2.05) is 13.1 Å². The molecular formula is C22H32N2O5S. The second-order valence-electron chi connectivity index (χ2n) is 8.91. The van der Waals surface area contributed by atoms with E-state index in [1.54, 1.807) is 10.6 Å². The van der Waals surface area contributed by atoms with Gasteiger partial charge in [-0.3, -0.25) is 19.7 Å². The van der Waals surface area contributed by atoms with Crippen LogP contribution in [0.15, 0.2) is 23.1 Å². The molecule has 30 heavy (non-hydrogen) atoms. The SMILES string of the molecule is C[C@@H](CS(=O)(=O)CCCCCC1CCC(=O)NC1=O)c1ccc(=O)n(CC2CC2)c1. The van der Waals surface area contributed by atoms with E-state index in [-0.39, 0.29) is 40.7 Å². The van der Waals surface area contributed by atoms with E-state index >= 15 is 0 Å². The number of aromatic nitrogens is 1. The molecule has 1 saturated heterocycles. The number of rotatable bonds is 11. The Bertz CT molecular complexity index is 933. The lowest BCUT2D eigenvalue weighted by atomic mass is 9.92. The van der Waals surface area contributed by atoms with Gasteiger partial charge >= 0.3 is 0 Å². The minimum absolute atomic E-state index is 0.0308. The monoisotopic (exact) mass is 436 g/mol. The molecule has 1 aliphatic heterocycles. The van der Waals surface area contributed by atoms with E-state index in [0.29, 0.717) is 31.6 Å². The van der Waals surface area contributed by atoms with Crippen LogP contribution in [-0.2, 0) is 26.0 Å². The number of imide groups is 1. The van der Waals surface area contributed by atoms with Gasteiger partial charge in [-0.05, 0) is 49.5 Å². The molecule has 1 aliphatic carbocycles. The highest BCUT2D eigenvalue weighted by Gasteiger charge is 2.26. The number of hydrogen-bond donors (Lipinski definition) is 1. The summed E-state index contributed by atoms with van der Waals surface area (Å²) in [6, 6.07) is 3.28. The van der Waals surface area contributed by atoms with Gasteiger partial charge in [0.05, 0.1) is 11.5 Å². The van der Waals surface area contributed by atoms with Crippen molar-refractivity contribution in [3.63, 3.8) is 0 Å². The first-order valence-corrected chi connectivity index (χ1v) is 12.8. The van der Waals surface area contributed by atoms with Crippen LogP contribution in [0.3, 0.4) is 0 Å². The number of hydrogen-bond acceptors (Lipinski definition) is 5. The molecule has 0 aromatic carbocycles. The Morgan fingerprint density at radius 3 is 2.57 bits per heavy atom. The molecule has 2 atom stereocenters. The molecule has 1 N–H and O–H groups in total. The second kappa shape index (κ2) is 9.90. The largest absolute Gasteiger partial charge is 0.315 e. The Morgan fingerprint density at radius 2 is 1.87 bits per heavy atom. The fraction of sp³-hybridized carbons (Fsp3) is 0.682. The molecule has 0 spiro atoms. The first kappa shape index (κ1) is 22.7. The van der Waals surface area contributed by atoms with Crippen LogP contribution < -0.4 is 10.9 Å². The molecule has 1 unspecified atom stereocenters. The Kier molecular flexibility index (Phi) is 7.50. The molecule has 166 valence electrons. The zero-order valence-electron chi connectivity index (χ0n) is 17.6. The number of carbonyl (C=O) groups is 2. The van der Waals surface area contributed by atoms with Crippen molar-refractivity contribution in [2.24, 2.45) is 11.8 Å². The summed E-state index contributed by atoms with van der Waals surface area (Å²) in [5.41, 5.74) is 0.855. The van der Waals surface area contributed by atoms with Crippen molar-refractivity contribution in [3.05, 3.63) is 34.2 Å². The topological polar surface area (TPSA) is 102 Å². The molecule has 7 nitrogen and oxygen atoms in total. The van der Waals surface area contributed by atoms with Gasteiger partial charge in [-0.2, -0.15) is 0 Å². The molecule has 3 rings (SSSR count). The summed E-state index contributed by atoms with van der Waals surface area (Å²) in [7, 11) is -3.20. The maximum Gasteiger partial charge on any atom is 0.250 e. The summed E-state index contributed by atoms with van der Waals surface area (Å²) in [6.07, 6.45) is 7.90. The number of nitrogens with one attached hydrogen (secondary N) is 1. The lowest BCUT2D eigenvalue weighted by Crippen LogP contribution is -2.40. The molecule has 2 heterocycles. The minimum atomic E-state index is -3.20. The van der Waals surface area contributed by atoms with Crippen LogP contribution in [0.2, 0.25) is 0 Å². The van der Waals surface area contributed by atoms with Gasteiger partial charge in [-0.1, -0.05) is 25.8 Å². The Balaban J connectivity index is 1.41. The third kappa shape index (κ3) is 6.79. The van der Waals surface area contributed by atoms with Crippen LogP contribution in [0.4, 0.5) is 0 Å². The third-order valence-electron chi connectivity index (χ3n) is 6.09. The van der Waals surface area contributed by atoms with Crippen molar-refractivity contribution in [1.29, 1.82) is 0 Å². The van der Waals surface area contributed by atoms with Gasteiger partial charge in [0, 0.05) is 31.1 Å². The molecule has 8 heteroatoms. The number of nitrogens with zero attached hydrogens (tertiary/aromatic N) is 1. The number of pyridine rings is 1. The zero-order valence-corrected chi connectivity index (χ0v) is 18.5. The van der Waals surface area contributed by atoms with Gasteiger partial charge in [0.1, 0.15) is 0 Å². The Labute approximate surface area is 178 Å². The molecule has 2 aliphatic rings. The Hall–Kier alpha value is -1.96. The van der Waals surface area contributed by atoms with Crippen molar-refractivity contribution < 1.29 is 18.0 Å². The Morgan fingerprint density at radius 1 is 1.10 bits per heavy atom. The summed E-state index contributed by atoms with van der Waals surface area (Å²) in [6.45, 7) is 2.61. The molecule has 0 bridgehead atoms. The van der Waals surface area contributed by atoms with Crippen LogP contribution >= 0.6 is 0 Å². The van der Waals surface area contributed by atoms with Crippen molar-refractivity contribution in [2.75, 3.05) is 11.5 Å². The van der Waals surface area contributed by atoms with E-state index in [0.717, 1.165) is 37.8 Å². The van der Waals surface area contributed by atoms with Gasteiger partial charge < -0.3 is 4.57 Å². The first-order chi connectivity index (χ1) is 14.2. The number of sulfone groups is 1. The molecule has 2 amide bonds. The van der Waals surface area contributed by atoms with Gasteiger partial charge in [-0.15, -0.1) is 0 Å². The molecule has 1 aromatic rings. The highest BCUT2D eigenvalue weighted by Crippen LogP contribution is 2.30. The maximum atomic E-state index is 12.5. The molecule has 2 fully saturated rings. The molecular weight excluding hydrogens is 404 g/mol. The lowest BCUT2D eigenvalue weighted by molar-refractivity contribution is -0.136. The summed E-state index contributed by atoms with van der Waals surface area (Å²) >= 11 is 0. The van der Waals surface area contributed by atoms with Gasteiger partial charge in [0.25, 0.3) is 5.56 Å². The number of unbranched alkanes of at least 4 members (excludes halogenated alkanes) is 2. The predicted octanol–water partition coefficient (Wildman–Crippen LogP) is 2.39. The first-order valence-electron chi connectivity index (χ1n) is 11.0. The van der Waals surface area contributed by atoms with E-state index < -0.39 is 9.84 Å². The average Bonchev–Trinajstić information content (AvgIpc) is 3.48. The standard InChI is InChI=1S/C22H32N2O5S/c1-16(19-9-11-21(26)24(14-19)13-17-6-7-17)15-30(28,29)12-4-2-3-5-18-8-10-20(25)23-22(18)27/h9,11,14,16-18H,2-8,10,12-13,15H2,1H3,(H,23,25,27)/t16-,18?/m0/s1. The third-order valence-corrected chi connectivity index (χ3v) is 8.01. The summed E-state index contributed by atoms with van der Waals surface area (Å²) < 4.78 is 26.8. The summed E-state index contributed by atoms with van der Waals surface area (Å²) in [5.74, 6) is 0.0818. The number of amides is 2. The van der Waals surface area contributed by atoms with Crippen molar-refractivity contribution in [2.45, 2.75) is 70.8 Å². The molecule has 1 saturated carbocycles. The predicted molar refractivity (Wildman–Crippen MR) is 115 cm³/mol. The fourth-order valence-electron chi connectivity index (χ4n) is 4.03. The van der Waals surface area contributed by atoms with Crippen molar-refractivity contribution >= 4 is 21.7 Å². The molecule has 0 radical (unpaired) electrons. The van der Waals surface area contributed by atoms with Crippen molar-refractivity contribution in [3.8, 4) is 0 Å². The van der Waals surface area contributed by atoms with Gasteiger partial charge in [0.15, 0.2) is 9.84 Å². The van der Waals surface area contributed by atoms with Crippen LogP contribution in [0.5, 0.6) is 0 Å². The zero-order chi connectivity index (χ0) is 21.7. The van der Waals surface area contributed by atoms with Gasteiger partial charge in [0.2, 0.25) is 11.8 Å². The normalized spacial score (nSPS) is 20.8. The number of carbonyl (C=O) groups excluding carboxylic acids is 2. The highest BCUT2D eigenvalue weighted by molar-refractivity contribution is 7.91. The smallest absolute Gasteiger partial charge is 0.250 e. The minimum Gasteiger partial charge on any atom is -0.315 e. The van der Waals surface area contributed by atoms with Crippen molar-refractivity contribution in [1.82, 2.24) is 9.88 Å². The highest BCUT2D eigenvalue weighted by atomic mass is 32.2. The fourth-order valence-corrected chi connectivity index (χ4v) is 5.79. The second-order valence-corrected chi connectivity index (χ2v) is 11.1. The quantitative estimate of drug-likeness (QED) is 0.424. The van der Waals surface area contributed by atoms with Crippen LogP contribution in [0, 0.1) is 11.8 Å². The van der Waals surface area contributed by atoms with Crippen LogP contribution in [0.25, 0.3) is 0 Å². The lowest BCUT2D eigenvalue weighted by Gasteiger charge is -2.20. The van der Waals surface area contributed by atoms with E-state index in [9.17, 15) is 22.8 Å². The average molecular weight is 437 g/mol. The molecule has 1 aromatic heterocycles. The maximum absolute atomic E-state index is 12.5.